The molecule has 21 heavy (non-hydrogen) atoms. The Hall–Kier alpha value is -0.370. The Morgan fingerprint density at radius 1 is 1.00 bits per heavy atom. The summed E-state index contributed by atoms with van der Waals surface area (Å²) in [4.78, 5) is 12.4. The van der Waals surface area contributed by atoms with E-state index in [9.17, 15) is 4.79 Å². The van der Waals surface area contributed by atoms with E-state index in [1.165, 1.54) is 51.4 Å². The number of ketones is 1. The minimum atomic E-state index is 0.0590. The molecule has 0 bridgehead atoms. The quantitative estimate of drug-likeness (QED) is 0.631. The molecular formula is C19H28O2. The van der Waals surface area contributed by atoms with Crippen LogP contribution in [0, 0.1) is 35.0 Å². The summed E-state index contributed by atoms with van der Waals surface area (Å²) in [7, 11) is 0. The molecule has 116 valence electrons. The maximum absolute atomic E-state index is 12.4. The highest BCUT2D eigenvalue weighted by atomic mass is 16.6. The molecule has 5 fully saturated rings. The van der Waals surface area contributed by atoms with Gasteiger partial charge in [-0.1, -0.05) is 6.92 Å². The minimum absolute atomic E-state index is 0.0590. The minimum Gasteiger partial charge on any atom is -0.370 e. The van der Waals surface area contributed by atoms with Crippen LogP contribution in [0.5, 0.6) is 0 Å². The van der Waals surface area contributed by atoms with Crippen LogP contribution in [0.4, 0.5) is 0 Å². The molecule has 0 aromatic carbocycles. The average molecular weight is 288 g/mol. The van der Waals surface area contributed by atoms with Crippen LogP contribution in [0.1, 0.15) is 64.7 Å². The molecule has 0 N–H and O–H groups in total. The van der Waals surface area contributed by atoms with Gasteiger partial charge in [-0.05, 0) is 81.0 Å². The van der Waals surface area contributed by atoms with Gasteiger partial charge < -0.3 is 4.74 Å². The number of carbonyl (C=O) groups excluding carboxylic acids is 1. The number of carbonyl (C=O) groups is 1. The molecule has 2 heteroatoms. The lowest BCUT2D eigenvalue weighted by atomic mass is 9.50. The number of Topliss-reactive ketones (excluding diaryl/α,β-unsaturated/α-hetero) is 1. The molecule has 1 heterocycles. The van der Waals surface area contributed by atoms with Crippen molar-refractivity contribution in [1.82, 2.24) is 0 Å². The molecule has 0 aromatic heterocycles. The molecule has 1 aliphatic heterocycles. The van der Waals surface area contributed by atoms with Crippen LogP contribution >= 0.6 is 0 Å². The molecule has 0 amide bonds. The lowest BCUT2D eigenvalue weighted by Gasteiger charge is -2.54. The molecule has 5 aliphatic rings. The zero-order valence-electron chi connectivity index (χ0n) is 13.3. The van der Waals surface area contributed by atoms with Crippen LogP contribution < -0.4 is 0 Å². The van der Waals surface area contributed by atoms with Crippen molar-refractivity contribution in [3.8, 4) is 0 Å². The van der Waals surface area contributed by atoms with E-state index < -0.39 is 0 Å². The van der Waals surface area contributed by atoms with E-state index in [-0.39, 0.29) is 5.41 Å². The maximum atomic E-state index is 12.4. The van der Waals surface area contributed by atoms with E-state index in [1.807, 2.05) is 0 Å². The Morgan fingerprint density at radius 3 is 2.62 bits per heavy atom. The van der Waals surface area contributed by atoms with Crippen LogP contribution in [-0.4, -0.2) is 18.0 Å². The summed E-state index contributed by atoms with van der Waals surface area (Å²) >= 11 is 0. The summed E-state index contributed by atoms with van der Waals surface area (Å²) in [5.74, 6) is 5.00. The number of fused-ring (bicyclic) bond motifs is 5. The number of rotatable bonds is 0. The molecule has 2 nitrogen and oxygen atoms in total. The van der Waals surface area contributed by atoms with Gasteiger partial charge in [-0.2, -0.15) is 0 Å². The Balaban J connectivity index is 1.40. The van der Waals surface area contributed by atoms with Crippen LogP contribution in [0.3, 0.4) is 0 Å². The first-order valence-corrected chi connectivity index (χ1v) is 9.29. The monoisotopic (exact) mass is 288 g/mol. The first-order chi connectivity index (χ1) is 10.1. The first-order valence-electron chi connectivity index (χ1n) is 9.29. The maximum Gasteiger partial charge on any atom is 0.139 e. The van der Waals surface area contributed by atoms with E-state index in [2.05, 4.69) is 6.92 Å². The number of epoxide rings is 1. The molecule has 4 aliphatic carbocycles. The number of hydrogen-bond acceptors (Lipinski definition) is 2. The third-order valence-corrected chi connectivity index (χ3v) is 8.35. The van der Waals surface area contributed by atoms with E-state index in [4.69, 9.17) is 4.74 Å². The highest BCUT2D eigenvalue weighted by Crippen LogP contribution is 2.63. The Labute approximate surface area is 128 Å². The number of hydrogen-bond donors (Lipinski definition) is 0. The molecule has 5 rings (SSSR count). The van der Waals surface area contributed by atoms with Crippen molar-refractivity contribution < 1.29 is 9.53 Å². The lowest BCUT2D eigenvalue weighted by molar-refractivity contribution is -0.133. The Kier molecular flexibility index (Phi) is 2.58. The topological polar surface area (TPSA) is 29.6 Å². The van der Waals surface area contributed by atoms with E-state index in [1.54, 1.807) is 0 Å². The zero-order chi connectivity index (χ0) is 14.2. The highest BCUT2D eigenvalue weighted by Gasteiger charge is 2.59. The molecule has 0 aromatic rings. The average Bonchev–Trinajstić information content (AvgIpc) is 3.16. The third kappa shape index (κ3) is 1.72. The van der Waals surface area contributed by atoms with Gasteiger partial charge in [-0.3, -0.25) is 4.79 Å². The van der Waals surface area contributed by atoms with Crippen LogP contribution in [0.25, 0.3) is 0 Å². The molecule has 1 saturated heterocycles. The molecule has 7 atom stereocenters. The fourth-order valence-corrected chi connectivity index (χ4v) is 7.08. The first kappa shape index (κ1) is 13.1. The van der Waals surface area contributed by atoms with Gasteiger partial charge in [-0.15, -0.1) is 0 Å². The summed E-state index contributed by atoms with van der Waals surface area (Å²) in [6.07, 6.45) is 11.5. The molecule has 0 radical (unpaired) electrons. The van der Waals surface area contributed by atoms with Crippen molar-refractivity contribution in [3.63, 3.8) is 0 Å². The second kappa shape index (κ2) is 4.13. The van der Waals surface area contributed by atoms with Gasteiger partial charge in [0.15, 0.2) is 0 Å². The predicted molar refractivity (Wildman–Crippen MR) is 80.8 cm³/mol. The predicted octanol–water partition coefficient (Wildman–Crippen LogP) is 3.98. The zero-order valence-corrected chi connectivity index (χ0v) is 13.3. The van der Waals surface area contributed by atoms with Crippen LogP contribution in [0.15, 0.2) is 0 Å². The van der Waals surface area contributed by atoms with Gasteiger partial charge in [0.1, 0.15) is 5.78 Å². The van der Waals surface area contributed by atoms with Crippen molar-refractivity contribution in [2.24, 2.45) is 35.0 Å². The summed E-state index contributed by atoms with van der Waals surface area (Å²) in [6.45, 7) is 3.34. The van der Waals surface area contributed by atoms with Gasteiger partial charge in [0.05, 0.1) is 12.2 Å². The summed E-state index contributed by atoms with van der Waals surface area (Å²) < 4.78 is 5.78. The SMILES string of the molecule is C[C@]12CC[C@H]3C(CC[C@@H]4C[C@]5(CC[C@@H]43)CO5)[C@@H]1CCC2=O. The van der Waals surface area contributed by atoms with E-state index >= 15 is 0 Å². The van der Waals surface area contributed by atoms with Crippen LogP contribution in [0.2, 0.25) is 0 Å². The molecule has 1 spiro atoms. The number of ether oxygens (including phenoxy) is 1. The van der Waals surface area contributed by atoms with Gasteiger partial charge in [0.25, 0.3) is 0 Å². The summed E-state index contributed by atoms with van der Waals surface area (Å²) in [6, 6.07) is 0. The van der Waals surface area contributed by atoms with Gasteiger partial charge in [0.2, 0.25) is 0 Å². The Morgan fingerprint density at radius 2 is 1.81 bits per heavy atom. The van der Waals surface area contributed by atoms with Crippen molar-refractivity contribution in [3.05, 3.63) is 0 Å². The normalized spacial score (nSPS) is 58.5. The standard InChI is InChI=1S/C19H28O2/c1-18-8-6-14-13-7-9-19(11-21-19)10-12(13)2-3-15(14)16(18)4-5-17(18)20/h12-16H,2-11H2,1H3/t12-,13+,14-,15?,16+,18+,19-/m1/s1. The van der Waals surface area contributed by atoms with Gasteiger partial charge >= 0.3 is 0 Å². The second-order valence-electron chi connectivity index (χ2n) is 9.07. The van der Waals surface area contributed by atoms with E-state index in [0.29, 0.717) is 11.4 Å². The molecule has 1 unspecified atom stereocenters. The van der Waals surface area contributed by atoms with Crippen LogP contribution in [-0.2, 0) is 9.53 Å². The second-order valence-corrected chi connectivity index (χ2v) is 9.07. The lowest BCUT2D eigenvalue weighted by Crippen LogP contribution is -2.49. The molecule has 4 saturated carbocycles. The summed E-state index contributed by atoms with van der Waals surface area (Å²) in [5.41, 5.74) is 0.393. The van der Waals surface area contributed by atoms with Crippen molar-refractivity contribution in [2.75, 3.05) is 6.61 Å². The van der Waals surface area contributed by atoms with Crippen molar-refractivity contribution in [1.29, 1.82) is 0 Å². The van der Waals surface area contributed by atoms with Gasteiger partial charge in [-0.25, -0.2) is 0 Å². The largest absolute Gasteiger partial charge is 0.370 e. The van der Waals surface area contributed by atoms with Gasteiger partial charge in [0, 0.05) is 11.8 Å². The Bertz CT molecular complexity index is 480. The fourth-order valence-electron chi connectivity index (χ4n) is 7.08. The smallest absolute Gasteiger partial charge is 0.139 e. The molecular weight excluding hydrogens is 260 g/mol. The highest BCUT2D eigenvalue weighted by molar-refractivity contribution is 5.87. The van der Waals surface area contributed by atoms with Crippen molar-refractivity contribution in [2.45, 2.75) is 70.3 Å². The van der Waals surface area contributed by atoms with Crippen molar-refractivity contribution >= 4 is 5.78 Å². The van der Waals surface area contributed by atoms with E-state index in [0.717, 1.165) is 42.6 Å². The third-order valence-electron chi connectivity index (χ3n) is 8.35. The summed E-state index contributed by atoms with van der Waals surface area (Å²) in [5, 5.41) is 0. The fraction of sp³-hybridized carbons (Fsp3) is 0.947.